The summed E-state index contributed by atoms with van der Waals surface area (Å²) < 4.78 is 0. The zero-order valence-electron chi connectivity index (χ0n) is 10.8. The standard InChI is InChI=1S/C14H22N2O/c1-3-16(4-2)14(17)10-6-8-12-7-5-9-13(15)11-12/h5,7,9,11H,3-4,6,8,10,15H2,1-2H3. The first-order valence-electron chi connectivity index (χ1n) is 6.29. The average Bonchev–Trinajstić information content (AvgIpc) is 2.30. The van der Waals surface area contributed by atoms with Gasteiger partial charge in [0.25, 0.3) is 0 Å². The van der Waals surface area contributed by atoms with E-state index in [2.05, 4.69) is 6.07 Å². The van der Waals surface area contributed by atoms with Crippen molar-refractivity contribution in [2.45, 2.75) is 33.1 Å². The molecule has 0 aliphatic heterocycles. The van der Waals surface area contributed by atoms with Crippen LogP contribution in [-0.2, 0) is 11.2 Å². The monoisotopic (exact) mass is 234 g/mol. The number of aryl methyl sites for hydroxylation is 1. The smallest absolute Gasteiger partial charge is 0.222 e. The van der Waals surface area contributed by atoms with Crippen LogP contribution in [0.15, 0.2) is 24.3 Å². The normalized spacial score (nSPS) is 10.2. The van der Waals surface area contributed by atoms with Crippen molar-refractivity contribution in [1.29, 1.82) is 0 Å². The third kappa shape index (κ3) is 4.47. The van der Waals surface area contributed by atoms with Crippen LogP contribution in [0.5, 0.6) is 0 Å². The van der Waals surface area contributed by atoms with Gasteiger partial charge in [-0.15, -0.1) is 0 Å². The summed E-state index contributed by atoms with van der Waals surface area (Å²) in [5.74, 6) is 0.249. The van der Waals surface area contributed by atoms with Crippen molar-refractivity contribution >= 4 is 11.6 Å². The van der Waals surface area contributed by atoms with Gasteiger partial charge in [-0.3, -0.25) is 4.79 Å². The van der Waals surface area contributed by atoms with E-state index in [1.54, 1.807) is 0 Å². The molecule has 0 aliphatic carbocycles. The lowest BCUT2D eigenvalue weighted by molar-refractivity contribution is -0.130. The Kier molecular flexibility index (Phi) is 5.53. The molecule has 1 aromatic rings. The van der Waals surface area contributed by atoms with E-state index in [1.165, 1.54) is 5.56 Å². The van der Waals surface area contributed by atoms with E-state index in [1.807, 2.05) is 36.9 Å². The van der Waals surface area contributed by atoms with Gasteiger partial charge in [0.1, 0.15) is 0 Å². The molecule has 1 aromatic carbocycles. The first-order chi connectivity index (χ1) is 8.17. The Hall–Kier alpha value is -1.51. The van der Waals surface area contributed by atoms with Crippen LogP contribution < -0.4 is 5.73 Å². The van der Waals surface area contributed by atoms with E-state index < -0.39 is 0 Å². The molecule has 94 valence electrons. The molecule has 0 heterocycles. The minimum atomic E-state index is 0.249. The number of anilines is 1. The summed E-state index contributed by atoms with van der Waals surface area (Å²) in [6.07, 6.45) is 2.42. The maximum Gasteiger partial charge on any atom is 0.222 e. The van der Waals surface area contributed by atoms with Gasteiger partial charge in [0, 0.05) is 25.2 Å². The summed E-state index contributed by atoms with van der Waals surface area (Å²) in [5, 5.41) is 0. The summed E-state index contributed by atoms with van der Waals surface area (Å²) in [6.45, 7) is 5.62. The fraction of sp³-hybridized carbons (Fsp3) is 0.500. The minimum Gasteiger partial charge on any atom is -0.399 e. The first-order valence-corrected chi connectivity index (χ1v) is 6.29. The van der Waals surface area contributed by atoms with E-state index >= 15 is 0 Å². The van der Waals surface area contributed by atoms with Gasteiger partial charge in [0.05, 0.1) is 0 Å². The van der Waals surface area contributed by atoms with Crippen molar-refractivity contribution < 1.29 is 4.79 Å². The zero-order valence-corrected chi connectivity index (χ0v) is 10.8. The maximum absolute atomic E-state index is 11.8. The maximum atomic E-state index is 11.8. The molecule has 0 fully saturated rings. The predicted molar refractivity (Wildman–Crippen MR) is 71.7 cm³/mol. The lowest BCUT2D eigenvalue weighted by Gasteiger charge is -2.18. The third-order valence-electron chi connectivity index (χ3n) is 2.92. The number of amides is 1. The highest BCUT2D eigenvalue weighted by molar-refractivity contribution is 5.76. The molecule has 0 atom stereocenters. The highest BCUT2D eigenvalue weighted by atomic mass is 16.2. The van der Waals surface area contributed by atoms with Crippen molar-refractivity contribution in [2.24, 2.45) is 0 Å². The van der Waals surface area contributed by atoms with Crippen LogP contribution in [0.2, 0.25) is 0 Å². The Labute approximate surface area is 104 Å². The number of carbonyl (C=O) groups is 1. The van der Waals surface area contributed by atoms with E-state index in [0.717, 1.165) is 31.6 Å². The van der Waals surface area contributed by atoms with Gasteiger partial charge >= 0.3 is 0 Å². The third-order valence-corrected chi connectivity index (χ3v) is 2.92. The second-order valence-corrected chi connectivity index (χ2v) is 4.16. The molecule has 0 aliphatic rings. The molecule has 0 spiro atoms. The number of carbonyl (C=O) groups excluding carboxylic acids is 1. The molecule has 0 saturated carbocycles. The van der Waals surface area contributed by atoms with Gasteiger partial charge in [-0.05, 0) is 44.4 Å². The quantitative estimate of drug-likeness (QED) is 0.768. The first kappa shape index (κ1) is 13.6. The second-order valence-electron chi connectivity index (χ2n) is 4.16. The molecule has 1 rings (SSSR count). The van der Waals surface area contributed by atoms with Crippen molar-refractivity contribution in [3.63, 3.8) is 0 Å². The number of nitrogens with two attached hydrogens (primary N) is 1. The fourth-order valence-corrected chi connectivity index (χ4v) is 1.93. The van der Waals surface area contributed by atoms with Gasteiger partial charge in [0.15, 0.2) is 0 Å². The molecule has 17 heavy (non-hydrogen) atoms. The molecule has 3 nitrogen and oxygen atoms in total. The molecule has 0 bridgehead atoms. The molecule has 0 radical (unpaired) electrons. The summed E-state index contributed by atoms with van der Waals surface area (Å²) in [7, 11) is 0. The Bertz CT molecular complexity index is 359. The van der Waals surface area contributed by atoms with Crippen LogP contribution in [0.1, 0.15) is 32.3 Å². The molecular weight excluding hydrogens is 212 g/mol. The number of rotatable bonds is 6. The largest absolute Gasteiger partial charge is 0.399 e. The summed E-state index contributed by atoms with van der Waals surface area (Å²) in [5.41, 5.74) is 7.70. The molecule has 2 N–H and O–H groups in total. The van der Waals surface area contributed by atoms with Crippen LogP contribution in [0, 0.1) is 0 Å². The average molecular weight is 234 g/mol. The number of nitrogen functional groups attached to an aromatic ring is 1. The summed E-state index contributed by atoms with van der Waals surface area (Å²) >= 11 is 0. The Morgan fingerprint density at radius 3 is 2.59 bits per heavy atom. The van der Waals surface area contributed by atoms with Crippen LogP contribution in [0.3, 0.4) is 0 Å². The van der Waals surface area contributed by atoms with E-state index in [4.69, 9.17) is 5.73 Å². The molecule has 3 heteroatoms. The number of benzene rings is 1. The lowest BCUT2D eigenvalue weighted by Crippen LogP contribution is -2.30. The number of nitrogens with zero attached hydrogens (tertiary/aromatic N) is 1. The Morgan fingerprint density at radius 2 is 2.00 bits per heavy atom. The lowest BCUT2D eigenvalue weighted by atomic mass is 10.1. The molecule has 0 saturated heterocycles. The molecular formula is C14H22N2O. The summed E-state index contributed by atoms with van der Waals surface area (Å²) in [4.78, 5) is 13.6. The zero-order chi connectivity index (χ0) is 12.7. The van der Waals surface area contributed by atoms with Crippen molar-refractivity contribution in [3.05, 3.63) is 29.8 Å². The van der Waals surface area contributed by atoms with Crippen LogP contribution in [0.4, 0.5) is 5.69 Å². The van der Waals surface area contributed by atoms with Gasteiger partial charge < -0.3 is 10.6 Å². The van der Waals surface area contributed by atoms with Crippen molar-refractivity contribution in [3.8, 4) is 0 Å². The Balaban J connectivity index is 2.35. The van der Waals surface area contributed by atoms with Gasteiger partial charge in [-0.25, -0.2) is 0 Å². The van der Waals surface area contributed by atoms with E-state index in [0.29, 0.717) is 6.42 Å². The SMILES string of the molecule is CCN(CC)C(=O)CCCc1cccc(N)c1. The highest BCUT2D eigenvalue weighted by Gasteiger charge is 2.08. The van der Waals surface area contributed by atoms with E-state index in [9.17, 15) is 4.79 Å². The number of hydrogen-bond acceptors (Lipinski definition) is 2. The van der Waals surface area contributed by atoms with Gasteiger partial charge in [-0.2, -0.15) is 0 Å². The summed E-state index contributed by atoms with van der Waals surface area (Å²) in [6, 6.07) is 7.86. The fourth-order valence-electron chi connectivity index (χ4n) is 1.93. The number of hydrogen-bond donors (Lipinski definition) is 1. The van der Waals surface area contributed by atoms with Gasteiger partial charge in [-0.1, -0.05) is 12.1 Å². The predicted octanol–water partition coefficient (Wildman–Crippen LogP) is 2.46. The topological polar surface area (TPSA) is 46.3 Å². The Morgan fingerprint density at radius 1 is 1.29 bits per heavy atom. The molecule has 0 unspecified atom stereocenters. The molecule has 1 amide bonds. The van der Waals surface area contributed by atoms with E-state index in [-0.39, 0.29) is 5.91 Å². The van der Waals surface area contributed by atoms with Crippen molar-refractivity contribution in [1.82, 2.24) is 4.90 Å². The molecule has 0 aromatic heterocycles. The van der Waals surface area contributed by atoms with Crippen LogP contribution >= 0.6 is 0 Å². The minimum absolute atomic E-state index is 0.249. The second kappa shape index (κ2) is 6.94. The highest BCUT2D eigenvalue weighted by Crippen LogP contribution is 2.10. The van der Waals surface area contributed by atoms with Gasteiger partial charge in [0.2, 0.25) is 5.91 Å². The van der Waals surface area contributed by atoms with Crippen LogP contribution in [-0.4, -0.2) is 23.9 Å². The van der Waals surface area contributed by atoms with Crippen LogP contribution in [0.25, 0.3) is 0 Å². The van der Waals surface area contributed by atoms with Crippen molar-refractivity contribution in [2.75, 3.05) is 18.8 Å².